The summed E-state index contributed by atoms with van der Waals surface area (Å²) in [6.45, 7) is 1.65. The van der Waals surface area contributed by atoms with Crippen molar-refractivity contribution in [2.45, 2.75) is 11.8 Å². The van der Waals surface area contributed by atoms with E-state index in [-0.39, 0.29) is 21.4 Å². The van der Waals surface area contributed by atoms with Crippen LogP contribution in [-0.4, -0.2) is 13.6 Å². The van der Waals surface area contributed by atoms with Crippen LogP contribution in [0.5, 0.6) is 0 Å². The molecule has 8 heteroatoms. The Labute approximate surface area is 109 Å². The number of anilines is 2. The average Bonchev–Trinajstić information content (AvgIpc) is 2.66. The van der Waals surface area contributed by atoms with Crippen molar-refractivity contribution in [3.05, 3.63) is 35.0 Å². The summed E-state index contributed by atoms with van der Waals surface area (Å²) in [5.41, 5.74) is 5.72. The van der Waals surface area contributed by atoms with Crippen LogP contribution >= 0.6 is 11.6 Å². The third kappa shape index (κ3) is 2.57. The zero-order chi connectivity index (χ0) is 13.3. The first-order valence-electron chi connectivity index (χ1n) is 4.89. The third-order valence-corrected chi connectivity index (χ3v) is 3.78. The zero-order valence-corrected chi connectivity index (χ0v) is 10.9. The number of nitrogens with zero attached hydrogens (tertiary/aromatic N) is 1. The van der Waals surface area contributed by atoms with Crippen molar-refractivity contribution in [1.29, 1.82) is 0 Å². The average molecular weight is 288 g/mol. The normalized spacial score (nSPS) is 11.4. The molecule has 0 unspecified atom stereocenters. The number of aryl methyl sites for hydroxylation is 1. The van der Waals surface area contributed by atoms with Gasteiger partial charge in [0.05, 0.1) is 5.69 Å². The molecule has 0 saturated carbocycles. The maximum Gasteiger partial charge on any atom is 0.265 e. The molecule has 0 amide bonds. The van der Waals surface area contributed by atoms with Crippen LogP contribution in [0.15, 0.2) is 33.7 Å². The van der Waals surface area contributed by atoms with Crippen LogP contribution in [0.2, 0.25) is 5.02 Å². The van der Waals surface area contributed by atoms with E-state index in [1.165, 1.54) is 24.3 Å². The lowest BCUT2D eigenvalue weighted by Crippen LogP contribution is -2.15. The van der Waals surface area contributed by atoms with Crippen molar-refractivity contribution in [3.63, 3.8) is 0 Å². The van der Waals surface area contributed by atoms with Gasteiger partial charge in [-0.15, -0.1) is 0 Å². The summed E-state index contributed by atoms with van der Waals surface area (Å²) in [6, 6.07) is 5.66. The van der Waals surface area contributed by atoms with E-state index in [4.69, 9.17) is 21.9 Å². The van der Waals surface area contributed by atoms with E-state index in [0.29, 0.717) is 5.76 Å². The standard InChI is InChI=1S/C10H10ClN3O3S/c1-6-4-10(13-17-6)14-18(15,16)9-5-7(11)2-3-8(9)12/h2-5H,12H2,1H3,(H,13,14). The first-order chi connectivity index (χ1) is 8.38. The summed E-state index contributed by atoms with van der Waals surface area (Å²) < 4.78 is 31.1. The van der Waals surface area contributed by atoms with Crippen LogP contribution in [0.4, 0.5) is 11.5 Å². The van der Waals surface area contributed by atoms with E-state index in [1.54, 1.807) is 6.92 Å². The van der Waals surface area contributed by atoms with E-state index in [0.717, 1.165) is 0 Å². The van der Waals surface area contributed by atoms with Gasteiger partial charge in [-0.05, 0) is 25.1 Å². The van der Waals surface area contributed by atoms with Crippen molar-refractivity contribution < 1.29 is 12.9 Å². The number of nitrogen functional groups attached to an aromatic ring is 1. The molecule has 18 heavy (non-hydrogen) atoms. The van der Waals surface area contributed by atoms with Gasteiger partial charge in [0.15, 0.2) is 5.82 Å². The lowest BCUT2D eigenvalue weighted by Gasteiger charge is -2.07. The van der Waals surface area contributed by atoms with Crippen LogP contribution in [-0.2, 0) is 10.0 Å². The summed E-state index contributed by atoms with van der Waals surface area (Å²) in [7, 11) is -3.84. The number of rotatable bonds is 3. The molecule has 0 spiro atoms. The number of hydrogen-bond acceptors (Lipinski definition) is 5. The Morgan fingerprint density at radius 2 is 2.11 bits per heavy atom. The van der Waals surface area contributed by atoms with Gasteiger partial charge in [0.25, 0.3) is 10.0 Å². The van der Waals surface area contributed by atoms with E-state index < -0.39 is 10.0 Å². The minimum atomic E-state index is -3.84. The van der Waals surface area contributed by atoms with E-state index in [9.17, 15) is 8.42 Å². The zero-order valence-electron chi connectivity index (χ0n) is 9.34. The molecule has 0 saturated heterocycles. The molecule has 0 aliphatic heterocycles. The number of sulfonamides is 1. The van der Waals surface area contributed by atoms with Gasteiger partial charge < -0.3 is 10.3 Å². The van der Waals surface area contributed by atoms with Crippen LogP contribution in [0.3, 0.4) is 0 Å². The molecule has 0 aliphatic rings. The summed E-state index contributed by atoms with van der Waals surface area (Å²) in [6.07, 6.45) is 0. The topological polar surface area (TPSA) is 98.2 Å². The molecule has 1 aromatic heterocycles. The molecule has 96 valence electrons. The van der Waals surface area contributed by atoms with Gasteiger partial charge in [0, 0.05) is 11.1 Å². The number of nitrogens with two attached hydrogens (primary N) is 1. The maximum absolute atomic E-state index is 12.1. The van der Waals surface area contributed by atoms with E-state index in [2.05, 4.69) is 9.88 Å². The Balaban J connectivity index is 2.39. The second-order valence-corrected chi connectivity index (χ2v) is 5.70. The Hall–Kier alpha value is -1.73. The summed E-state index contributed by atoms with van der Waals surface area (Å²) in [5, 5.41) is 3.82. The summed E-state index contributed by atoms with van der Waals surface area (Å²) in [4.78, 5) is -0.101. The van der Waals surface area contributed by atoms with E-state index in [1.807, 2.05) is 0 Å². The predicted molar refractivity (Wildman–Crippen MR) is 67.9 cm³/mol. The molecule has 0 aliphatic carbocycles. The fourth-order valence-corrected chi connectivity index (χ4v) is 2.73. The monoisotopic (exact) mass is 287 g/mol. The molecule has 6 nitrogen and oxygen atoms in total. The maximum atomic E-state index is 12.1. The van der Waals surface area contributed by atoms with Gasteiger partial charge in [0.1, 0.15) is 10.7 Å². The van der Waals surface area contributed by atoms with Crippen molar-refractivity contribution in [2.75, 3.05) is 10.5 Å². The molecule has 0 radical (unpaired) electrons. The highest BCUT2D eigenvalue weighted by Crippen LogP contribution is 2.24. The van der Waals surface area contributed by atoms with Crippen LogP contribution in [0, 0.1) is 6.92 Å². The Kier molecular flexibility index (Phi) is 3.18. The quantitative estimate of drug-likeness (QED) is 0.842. The molecular weight excluding hydrogens is 278 g/mol. The van der Waals surface area contributed by atoms with Crippen molar-refractivity contribution in [2.24, 2.45) is 0 Å². The van der Waals surface area contributed by atoms with Gasteiger partial charge in [-0.3, -0.25) is 4.72 Å². The fourth-order valence-electron chi connectivity index (χ4n) is 1.35. The molecule has 0 atom stereocenters. The number of hydrogen-bond donors (Lipinski definition) is 2. The van der Waals surface area contributed by atoms with Crippen LogP contribution < -0.4 is 10.5 Å². The van der Waals surface area contributed by atoms with Crippen molar-refractivity contribution in [1.82, 2.24) is 5.16 Å². The highest BCUT2D eigenvalue weighted by molar-refractivity contribution is 7.92. The SMILES string of the molecule is Cc1cc(NS(=O)(=O)c2cc(Cl)ccc2N)no1. The minimum absolute atomic E-state index is 0.0897. The van der Waals surface area contributed by atoms with Crippen molar-refractivity contribution >= 4 is 33.1 Å². The largest absolute Gasteiger partial charge is 0.398 e. The Morgan fingerprint density at radius 3 is 2.72 bits per heavy atom. The first kappa shape index (κ1) is 12.7. The molecule has 0 fully saturated rings. The highest BCUT2D eigenvalue weighted by atomic mass is 35.5. The van der Waals surface area contributed by atoms with Gasteiger partial charge >= 0.3 is 0 Å². The van der Waals surface area contributed by atoms with Gasteiger partial charge in [0.2, 0.25) is 0 Å². The number of nitrogens with one attached hydrogen (secondary N) is 1. The molecule has 1 aromatic carbocycles. The van der Waals surface area contributed by atoms with E-state index >= 15 is 0 Å². The Morgan fingerprint density at radius 1 is 1.39 bits per heavy atom. The molecule has 0 bridgehead atoms. The molecular formula is C10H10ClN3O3S. The van der Waals surface area contributed by atoms with Crippen molar-refractivity contribution in [3.8, 4) is 0 Å². The predicted octanol–water partition coefficient (Wildman–Crippen LogP) is 2.02. The Bertz CT molecular complexity index is 681. The number of benzene rings is 1. The summed E-state index contributed by atoms with van der Waals surface area (Å²) in [5.74, 6) is 0.582. The van der Waals surface area contributed by atoms with Gasteiger partial charge in [-0.2, -0.15) is 0 Å². The second kappa shape index (κ2) is 4.51. The lowest BCUT2D eigenvalue weighted by atomic mass is 10.3. The first-order valence-corrected chi connectivity index (χ1v) is 6.76. The number of aromatic nitrogens is 1. The molecule has 1 heterocycles. The molecule has 2 rings (SSSR count). The van der Waals surface area contributed by atoms with Gasteiger partial charge in [-0.25, -0.2) is 8.42 Å². The minimum Gasteiger partial charge on any atom is -0.398 e. The van der Waals surface area contributed by atoms with Gasteiger partial charge in [-0.1, -0.05) is 16.8 Å². The molecule has 2 aromatic rings. The smallest absolute Gasteiger partial charge is 0.265 e. The highest BCUT2D eigenvalue weighted by Gasteiger charge is 2.19. The third-order valence-electron chi connectivity index (χ3n) is 2.13. The second-order valence-electron chi connectivity index (χ2n) is 3.61. The fraction of sp³-hybridized carbons (Fsp3) is 0.100. The molecule has 3 N–H and O–H groups in total. The van der Waals surface area contributed by atoms with Crippen LogP contribution in [0.1, 0.15) is 5.76 Å². The number of halogens is 1. The lowest BCUT2D eigenvalue weighted by molar-refractivity contribution is 0.400. The summed E-state index contributed by atoms with van der Waals surface area (Å²) >= 11 is 5.75. The van der Waals surface area contributed by atoms with Crippen LogP contribution in [0.25, 0.3) is 0 Å².